The maximum Gasteiger partial charge on any atom is 0.413 e. The van der Waals surface area contributed by atoms with Crippen LogP contribution in [0.2, 0.25) is 8.67 Å². The molecule has 0 atom stereocenters. The number of thiophene rings is 1. The van der Waals surface area contributed by atoms with Gasteiger partial charge in [0.05, 0.1) is 16.5 Å². The Balaban J connectivity index is 2.06. The van der Waals surface area contributed by atoms with Crippen LogP contribution in [0.15, 0.2) is 30.3 Å². The minimum absolute atomic E-state index is 0.307. The van der Waals surface area contributed by atoms with Crippen LogP contribution < -0.4 is 10.2 Å². The lowest BCUT2D eigenvalue weighted by Crippen LogP contribution is -2.26. The maximum atomic E-state index is 12.1. The predicted octanol–water partition coefficient (Wildman–Crippen LogP) is 4.90. The number of ether oxygens (including phenoxy) is 1. The van der Waals surface area contributed by atoms with E-state index in [2.05, 4.69) is 5.32 Å². The molecule has 2 amide bonds. The Bertz CT molecular complexity index is 716. The van der Waals surface area contributed by atoms with Crippen molar-refractivity contribution in [2.45, 2.75) is 6.92 Å². The Morgan fingerprint density at radius 1 is 1.26 bits per heavy atom. The Hall–Kier alpha value is -1.76. The van der Waals surface area contributed by atoms with Crippen molar-refractivity contribution in [1.29, 1.82) is 0 Å². The van der Waals surface area contributed by atoms with Crippen LogP contribution in [0.5, 0.6) is 0 Å². The van der Waals surface area contributed by atoms with Crippen LogP contribution in [-0.2, 0) is 4.74 Å². The third-order valence-electron chi connectivity index (χ3n) is 2.96. The molecule has 1 heterocycles. The molecule has 0 unspecified atom stereocenters. The molecule has 23 heavy (non-hydrogen) atoms. The fourth-order valence-corrected chi connectivity index (χ4v) is 3.25. The molecule has 2 aromatic rings. The number of anilines is 2. The third-order valence-corrected chi connectivity index (χ3v) is 4.44. The van der Waals surface area contributed by atoms with E-state index in [0.717, 1.165) is 11.3 Å². The Kier molecular flexibility index (Phi) is 5.87. The fraction of sp³-hybridized carbons (Fsp3) is 0.200. The smallest absolute Gasteiger partial charge is 0.413 e. The highest BCUT2D eigenvalue weighted by Crippen LogP contribution is 2.31. The average Bonchev–Trinajstić information content (AvgIpc) is 2.86. The molecule has 0 radical (unpaired) electrons. The second kappa shape index (κ2) is 7.68. The summed E-state index contributed by atoms with van der Waals surface area (Å²) in [6.45, 7) is 2.05. The van der Waals surface area contributed by atoms with Crippen molar-refractivity contribution in [2.75, 3.05) is 23.9 Å². The third kappa shape index (κ3) is 4.37. The van der Waals surface area contributed by atoms with Gasteiger partial charge in [0.15, 0.2) is 0 Å². The average molecular weight is 373 g/mol. The molecule has 0 aliphatic carbocycles. The maximum absolute atomic E-state index is 12.1. The van der Waals surface area contributed by atoms with Crippen LogP contribution in [0.3, 0.4) is 0 Å². The Labute approximate surface area is 147 Å². The highest BCUT2D eigenvalue weighted by Gasteiger charge is 2.15. The van der Waals surface area contributed by atoms with Gasteiger partial charge in [-0.15, -0.1) is 11.3 Å². The molecule has 1 aromatic heterocycles. The largest absolute Gasteiger partial charge is 0.449 e. The van der Waals surface area contributed by atoms with Gasteiger partial charge < -0.3 is 10.1 Å². The first kappa shape index (κ1) is 17.6. The second-order valence-electron chi connectivity index (χ2n) is 4.50. The first-order chi connectivity index (χ1) is 10.9. The number of amides is 2. The van der Waals surface area contributed by atoms with Crippen molar-refractivity contribution in [2.24, 2.45) is 0 Å². The summed E-state index contributed by atoms with van der Waals surface area (Å²) in [5.41, 5.74) is 1.56. The van der Waals surface area contributed by atoms with Gasteiger partial charge in [0.25, 0.3) is 5.91 Å². The summed E-state index contributed by atoms with van der Waals surface area (Å²) in [7, 11) is 1.61. The van der Waals surface area contributed by atoms with Crippen LogP contribution in [0, 0.1) is 0 Å². The summed E-state index contributed by atoms with van der Waals surface area (Å²) in [5, 5.41) is 2.72. The number of hydrogen-bond acceptors (Lipinski definition) is 4. The monoisotopic (exact) mass is 372 g/mol. The number of rotatable bonds is 4. The molecule has 1 N–H and O–H groups in total. The molecular formula is C15H14Cl2N2O3S. The summed E-state index contributed by atoms with van der Waals surface area (Å²) >= 11 is 12.9. The van der Waals surface area contributed by atoms with E-state index in [-0.39, 0.29) is 5.91 Å². The first-order valence-electron chi connectivity index (χ1n) is 6.69. The molecule has 2 rings (SSSR count). The summed E-state index contributed by atoms with van der Waals surface area (Å²) in [4.78, 5) is 25.1. The number of benzene rings is 1. The van der Waals surface area contributed by atoms with E-state index in [1.807, 2.05) is 0 Å². The highest BCUT2D eigenvalue weighted by molar-refractivity contribution is 7.20. The van der Waals surface area contributed by atoms with Crippen molar-refractivity contribution < 1.29 is 14.3 Å². The van der Waals surface area contributed by atoms with Crippen molar-refractivity contribution >= 4 is 57.9 Å². The fourth-order valence-electron chi connectivity index (χ4n) is 1.79. The van der Waals surface area contributed by atoms with Crippen molar-refractivity contribution in [1.82, 2.24) is 0 Å². The van der Waals surface area contributed by atoms with Crippen LogP contribution in [-0.4, -0.2) is 25.7 Å². The topological polar surface area (TPSA) is 58.6 Å². The van der Waals surface area contributed by atoms with Gasteiger partial charge in [-0.25, -0.2) is 4.79 Å². The van der Waals surface area contributed by atoms with E-state index >= 15 is 0 Å². The van der Waals surface area contributed by atoms with E-state index in [9.17, 15) is 9.59 Å². The number of carbonyl (C=O) groups excluding carboxylic acids is 2. The molecule has 122 valence electrons. The number of hydrogen-bond donors (Lipinski definition) is 1. The van der Waals surface area contributed by atoms with Crippen molar-refractivity contribution in [3.63, 3.8) is 0 Å². The highest BCUT2D eigenvalue weighted by atomic mass is 35.5. The van der Waals surface area contributed by atoms with E-state index in [1.54, 1.807) is 38.2 Å². The summed E-state index contributed by atoms with van der Waals surface area (Å²) < 4.78 is 5.71. The van der Waals surface area contributed by atoms with Gasteiger partial charge in [-0.1, -0.05) is 23.2 Å². The molecular weight excluding hydrogens is 359 g/mol. The Morgan fingerprint density at radius 2 is 1.91 bits per heavy atom. The minimum atomic E-state index is -0.441. The lowest BCUT2D eigenvalue weighted by Gasteiger charge is -2.16. The van der Waals surface area contributed by atoms with E-state index in [4.69, 9.17) is 27.9 Å². The van der Waals surface area contributed by atoms with Gasteiger partial charge in [0.1, 0.15) is 4.34 Å². The van der Waals surface area contributed by atoms with Crippen molar-refractivity contribution in [3.05, 3.63) is 44.6 Å². The van der Waals surface area contributed by atoms with Crippen LogP contribution in [0.1, 0.15) is 17.3 Å². The van der Waals surface area contributed by atoms with Gasteiger partial charge >= 0.3 is 6.09 Å². The van der Waals surface area contributed by atoms with E-state index in [0.29, 0.717) is 32.2 Å². The van der Waals surface area contributed by atoms with Crippen LogP contribution >= 0.6 is 34.5 Å². The molecule has 0 aliphatic heterocycles. The predicted molar refractivity (Wildman–Crippen MR) is 94.2 cm³/mol. The van der Waals surface area contributed by atoms with Gasteiger partial charge in [-0.2, -0.15) is 0 Å². The quantitative estimate of drug-likeness (QED) is 0.829. The van der Waals surface area contributed by atoms with Gasteiger partial charge in [0, 0.05) is 18.4 Å². The first-order valence-corrected chi connectivity index (χ1v) is 8.26. The lowest BCUT2D eigenvalue weighted by molar-refractivity contribution is 0.102. The molecule has 0 bridgehead atoms. The molecule has 0 saturated heterocycles. The number of nitrogens with one attached hydrogen (secondary N) is 1. The van der Waals surface area contributed by atoms with Gasteiger partial charge in [-0.05, 0) is 37.3 Å². The van der Waals surface area contributed by atoms with Crippen molar-refractivity contribution in [3.8, 4) is 0 Å². The number of carbonyl (C=O) groups is 2. The normalized spacial score (nSPS) is 10.3. The van der Waals surface area contributed by atoms with Crippen LogP contribution in [0.4, 0.5) is 16.2 Å². The van der Waals surface area contributed by atoms with E-state index < -0.39 is 6.09 Å². The molecule has 0 fully saturated rings. The van der Waals surface area contributed by atoms with E-state index in [1.165, 1.54) is 11.0 Å². The SMILES string of the molecule is CCOC(=O)N(C)c1ccc(NC(=O)c2cc(Cl)sc2Cl)cc1. The molecule has 1 aromatic carbocycles. The zero-order valence-corrected chi connectivity index (χ0v) is 14.8. The summed E-state index contributed by atoms with van der Waals surface area (Å²) in [6.07, 6.45) is -0.441. The number of nitrogens with zero attached hydrogens (tertiary/aromatic N) is 1. The summed E-state index contributed by atoms with van der Waals surface area (Å²) in [5.74, 6) is -0.343. The molecule has 0 saturated carbocycles. The summed E-state index contributed by atoms with van der Waals surface area (Å²) in [6, 6.07) is 8.30. The zero-order valence-electron chi connectivity index (χ0n) is 12.4. The van der Waals surface area contributed by atoms with Gasteiger partial charge in [0.2, 0.25) is 0 Å². The lowest BCUT2D eigenvalue weighted by atomic mass is 10.2. The number of halogens is 2. The standard InChI is InChI=1S/C15H14Cl2N2O3S/c1-3-22-15(21)19(2)10-6-4-9(5-7-10)18-14(20)11-8-12(16)23-13(11)17/h4-8H,3H2,1-2H3,(H,18,20). The van der Waals surface area contributed by atoms with Crippen LogP contribution in [0.25, 0.3) is 0 Å². The second-order valence-corrected chi connectivity index (χ2v) is 6.78. The minimum Gasteiger partial charge on any atom is -0.449 e. The molecule has 0 spiro atoms. The molecule has 5 nitrogen and oxygen atoms in total. The zero-order chi connectivity index (χ0) is 17.0. The Morgan fingerprint density at radius 3 is 2.43 bits per heavy atom. The molecule has 0 aliphatic rings. The molecule has 8 heteroatoms. The van der Waals surface area contributed by atoms with Gasteiger partial charge in [-0.3, -0.25) is 9.69 Å².